The molecule has 0 spiro atoms. The number of alkyl halides is 2. The molecule has 2 aromatic carbocycles. The van der Waals surface area contributed by atoms with Crippen LogP contribution in [0.3, 0.4) is 0 Å². The molecular formula is C21H18ClF2N3O4S. The third-order valence-electron chi connectivity index (χ3n) is 4.19. The molecule has 0 aliphatic carbocycles. The maximum atomic E-state index is 12.6. The van der Waals surface area contributed by atoms with Gasteiger partial charge in [0.25, 0.3) is 12.3 Å². The Labute approximate surface area is 192 Å². The van der Waals surface area contributed by atoms with E-state index in [0.717, 1.165) is 6.07 Å². The predicted molar refractivity (Wildman–Crippen MR) is 122 cm³/mol. The van der Waals surface area contributed by atoms with Gasteiger partial charge in [-0.1, -0.05) is 11.6 Å². The lowest BCUT2D eigenvalue weighted by Crippen LogP contribution is -2.19. The topological polar surface area (TPSA) is 84.8 Å². The van der Waals surface area contributed by atoms with Crippen LogP contribution in [-0.2, 0) is 0 Å². The molecule has 168 valence electrons. The number of methoxy groups -OCH3 is 2. The molecule has 0 bridgehead atoms. The molecule has 0 fully saturated rings. The number of hydrogen-bond acceptors (Lipinski definition) is 5. The standard InChI is InChI=1S/C21H18ClF2N3O4S/c1-29-17-10-18(30-2)14(9-13(17)22)27-21(32)26-12-5-3-11(4-6-12)25-20(28)16-8-7-15(31-16)19(23)24/h3-10,19H,1-2H3,(H,25,28)(H2,26,27,32). The molecule has 1 heterocycles. The van der Waals surface area contributed by atoms with Crippen molar-refractivity contribution >= 4 is 51.9 Å². The van der Waals surface area contributed by atoms with E-state index in [9.17, 15) is 13.6 Å². The first kappa shape index (κ1) is 23.3. The number of carbonyl (C=O) groups excluding carboxylic acids is 1. The Bertz CT molecular complexity index is 1120. The first-order valence-corrected chi connectivity index (χ1v) is 9.88. The highest BCUT2D eigenvalue weighted by Gasteiger charge is 2.17. The second-order valence-corrected chi connectivity index (χ2v) is 7.12. The van der Waals surface area contributed by atoms with E-state index < -0.39 is 18.1 Å². The Morgan fingerprint density at radius 2 is 1.59 bits per heavy atom. The van der Waals surface area contributed by atoms with Crippen molar-refractivity contribution in [3.63, 3.8) is 0 Å². The summed E-state index contributed by atoms with van der Waals surface area (Å²) in [5.41, 5.74) is 1.62. The Balaban J connectivity index is 1.61. The van der Waals surface area contributed by atoms with E-state index in [0.29, 0.717) is 33.6 Å². The van der Waals surface area contributed by atoms with Gasteiger partial charge in [0.15, 0.2) is 16.6 Å². The van der Waals surface area contributed by atoms with Gasteiger partial charge >= 0.3 is 0 Å². The second-order valence-electron chi connectivity index (χ2n) is 6.30. The van der Waals surface area contributed by atoms with Crippen molar-refractivity contribution < 1.29 is 27.5 Å². The molecule has 0 radical (unpaired) electrons. The second kappa shape index (κ2) is 10.3. The summed E-state index contributed by atoms with van der Waals surface area (Å²) in [5, 5.41) is 9.21. The summed E-state index contributed by atoms with van der Waals surface area (Å²) in [7, 11) is 3.01. The molecule has 3 aromatic rings. The minimum Gasteiger partial charge on any atom is -0.495 e. The lowest BCUT2D eigenvalue weighted by molar-refractivity contribution is 0.0964. The minimum absolute atomic E-state index is 0.208. The van der Waals surface area contributed by atoms with Crippen LogP contribution >= 0.6 is 23.8 Å². The van der Waals surface area contributed by atoms with E-state index >= 15 is 0 Å². The maximum Gasteiger partial charge on any atom is 0.295 e. The van der Waals surface area contributed by atoms with Crippen molar-refractivity contribution in [1.29, 1.82) is 0 Å². The van der Waals surface area contributed by atoms with Crippen LogP contribution in [0.4, 0.5) is 25.8 Å². The number of hydrogen-bond donors (Lipinski definition) is 3. The maximum absolute atomic E-state index is 12.6. The van der Waals surface area contributed by atoms with E-state index in [1.54, 1.807) is 36.4 Å². The summed E-state index contributed by atoms with van der Waals surface area (Å²) in [6.07, 6.45) is -2.78. The van der Waals surface area contributed by atoms with Gasteiger partial charge in [0.05, 0.1) is 24.9 Å². The number of thiocarbonyl (C=S) groups is 1. The van der Waals surface area contributed by atoms with Gasteiger partial charge in [0.1, 0.15) is 11.5 Å². The summed E-state index contributed by atoms with van der Waals surface area (Å²) >= 11 is 11.5. The summed E-state index contributed by atoms with van der Waals surface area (Å²) in [5.74, 6) is -0.462. The molecule has 0 atom stereocenters. The van der Waals surface area contributed by atoms with Crippen LogP contribution in [0.5, 0.6) is 11.5 Å². The van der Waals surface area contributed by atoms with Crippen LogP contribution in [0, 0.1) is 0 Å². The van der Waals surface area contributed by atoms with E-state index in [1.165, 1.54) is 20.3 Å². The number of ether oxygens (including phenoxy) is 2. The van der Waals surface area contributed by atoms with Crippen LogP contribution in [0.25, 0.3) is 0 Å². The fourth-order valence-electron chi connectivity index (χ4n) is 2.66. The van der Waals surface area contributed by atoms with E-state index in [-0.39, 0.29) is 10.9 Å². The molecule has 1 aromatic heterocycles. The number of carbonyl (C=O) groups is 1. The average Bonchev–Trinajstić information content (AvgIpc) is 3.26. The smallest absolute Gasteiger partial charge is 0.295 e. The number of benzene rings is 2. The largest absolute Gasteiger partial charge is 0.495 e. The molecule has 11 heteroatoms. The quantitative estimate of drug-likeness (QED) is 0.359. The molecule has 0 unspecified atom stereocenters. The number of amides is 1. The SMILES string of the molecule is COc1cc(OC)c(NC(=S)Nc2ccc(NC(=O)c3ccc(C(F)F)o3)cc2)cc1Cl. The molecule has 3 rings (SSSR count). The highest BCUT2D eigenvalue weighted by atomic mass is 35.5. The van der Waals surface area contributed by atoms with Gasteiger partial charge in [0, 0.05) is 17.4 Å². The first-order chi connectivity index (χ1) is 15.3. The molecule has 0 saturated heterocycles. The summed E-state index contributed by atoms with van der Waals surface area (Å²) in [4.78, 5) is 12.1. The Morgan fingerprint density at radius 3 is 2.16 bits per heavy atom. The summed E-state index contributed by atoms with van der Waals surface area (Å²) < 4.78 is 40.5. The van der Waals surface area contributed by atoms with E-state index in [4.69, 9.17) is 37.7 Å². The van der Waals surface area contributed by atoms with Crippen LogP contribution in [0.15, 0.2) is 52.9 Å². The first-order valence-electron chi connectivity index (χ1n) is 9.09. The van der Waals surface area contributed by atoms with Gasteiger partial charge < -0.3 is 29.8 Å². The average molecular weight is 482 g/mol. The molecule has 0 aliphatic rings. The van der Waals surface area contributed by atoms with Crippen molar-refractivity contribution in [2.24, 2.45) is 0 Å². The number of anilines is 3. The highest BCUT2D eigenvalue weighted by molar-refractivity contribution is 7.80. The summed E-state index contributed by atoms with van der Waals surface area (Å²) in [6.45, 7) is 0. The van der Waals surface area contributed by atoms with Crippen molar-refractivity contribution in [1.82, 2.24) is 0 Å². The zero-order valence-electron chi connectivity index (χ0n) is 16.9. The lowest BCUT2D eigenvalue weighted by Gasteiger charge is -2.15. The Morgan fingerprint density at radius 1 is 0.969 bits per heavy atom. The van der Waals surface area contributed by atoms with Crippen LogP contribution in [0.2, 0.25) is 5.02 Å². The molecule has 3 N–H and O–H groups in total. The van der Waals surface area contributed by atoms with E-state index in [1.807, 2.05) is 0 Å². The number of nitrogens with one attached hydrogen (secondary N) is 3. The van der Waals surface area contributed by atoms with E-state index in [2.05, 4.69) is 16.0 Å². The minimum atomic E-state index is -2.78. The number of halogens is 3. The van der Waals surface area contributed by atoms with Gasteiger partial charge in [-0.05, 0) is 54.7 Å². The number of rotatable bonds is 7. The lowest BCUT2D eigenvalue weighted by atomic mass is 10.2. The van der Waals surface area contributed by atoms with Crippen LogP contribution < -0.4 is 25.4 Å². The molecule has 0 saturated carbocycles. The fraction of sp³-hybridized carbons (Fsp3) is 0.143. The molecule has 1 amide bonds. The Kier molecular flexibility index (Phi) is 7.49. The van der Waals surface area contributed by atoms with Crippen molar-refractivity contribution in [2.75, 3.05) is 30.2 Å². The van der Waals surface area contributed by atoms with Gasteiger partial charge in [-0.3, -0.25) is 4.79 Å². The summed E-state index contributed by atoms with van der Waals surface area (Å²) in [6, 6.07) is 12.1. The predicted octanol–water partition coefficient (Wildman–Crippen LogP) is 5.95. The van der Waals surface area contributed by atoms with Gasteiger partial charge in [-0.25, -0.2) is 8.78 Å². The monoisotopic (exact) mass is 481 g/mol. The number of furan rings is 1. The van der Waals surface area contributed by atoms with Crippen LogP contribution in [0.1, 0.15) is 22.7 Å². The van der Waals surface area contributed by atoms with Crippen molar-refractivity contribution in [3.8, 4) is 11.5 Å². The third-order valence-corrected chi connectivity index (χ3v) is 4.69. The third kappa shape index (κ3) is 5.65. The zero-order valence-corrected chi connectivity index (χ0v) is 18.4. The zero-order chi connectivity index (χ0) is 23.3. The molecule has 0 aliphatic heterocycles. The fourth-order valence-corrected chi connectivity index (χ4v) is 3.13. The normalized spacial score (nSPS) is 10.6. The van der Waals surface area contributed by atoms with Crippen molar-refractivity contribution in [2.45, 2.75) is 6.43 Å². The van der Waals surface area contributed by atoms with Gasteiger partial charge in [0.2, 0.25) is 0 Å². The van der Waals surface area contributed by atoms with Gasteiger partial charge in [-0.15, -0.1) is 0 Å². The highest BCUT2D eigenvalue weighted by Crippen LogP contribution is 2.36. The van der Waals surface area contributed by atoms with Gasteiger partial charge in [-0.2, -0.15) is 0 Å². The molecule has 7 nitrogen and oxygen atoms in total. The van der Waals surface area contributed by atoms with Crippen LogP contribution in [-0.4, -0.2) is 25.2 Å². The van der Waals surface area contributed by atoms with Crippen molar-refractivity contribution in [3.05, 3.63) is 65.1 Å². The Hall–Kier alpha value is -3.37. The molecular weight excluding hydrogens is 464 g/mol. The molecule has 32 heavy (non-hydrogen) atoms.